The van der Waals surface area contributed by atoms with Gasteiger partial charge in [0.05, 0.1) is 17.3 Å². The predicted octanol–water partition coefficient (Wildman–Crippen LogP) is 3.80. The average molecular weight is 314 g/mol. The summed E-state index contributed by atoms with van der Waals surface area (Å²) in [6, 6.07) is 4.34. The molecule has 0 amide bonds. The van der Waals surface area contributed by atoms with Crippen LogP contribution in [0, 0.1) is 0 Å². The third kappa shape index (κ3) is 6.20. The number of methoxy groups -OCH3 is 1. The fourth-order valence-electron chi connectivity index (χ4n) is 2.06. The fourth-order valence-corrected chi connectivity index (χ4v) is 2.23. The lowest BCUT2D eigenvalue weighted by atomic mass is 10.2. The molecule has 1 rings (SSSR count). The molecule has 0 aliphatic heterocycles. The van der Waals surface area contributed by atoms with Crippen molar-refractivity contribution in [3.8, 4) is 0 Å². The van der Waals surface area contributed by atoms with Crippen LogP contribution in [0.25, 0.3) is 0 Å². The maximum atomic E-state index is 6.31. The van der Waals surface area contributed by atoms with Gasteiger partial charge in [0.15, 0.2) is 0 Å². The molecule has 0 spiro atoms. The van der Waals surface area contributed by atoms with Gasteiger partial charge in [0.2, 0.25) is 0 Å². The van der Waals surface area contributed by atoms with Gasteiger partial charge in [-0.1, -0.05) is 25.4 Å². The Morgan fingerprint density at radius 3 is 2.76 bits per heavy atom. The summed E-state index contributed by atoms with van der Waals surface area (Å²) < 4.78 is 5.20. The van der Waals surface area contributed by atoms with E-state index >= 15 is 0 Å². The van der Waals surface area contributed by atoms with E-state index in [2.05, 4.69) is 36.0 Å². The van der Waals surface area contributed by atoms with Gasteiger partial charge in [0.1, 0.15) is 5.82 Å². The molecule has 1 heterocycles. The van der Waals surface area contributed by atoms with Crippen molar-refractivity contribution in [2.24, 2.45) is 0 Å². The lowest BCUT2D eigenvalue weighted by Crippen LogP contribution is -2.35. The molecule has 1 atom stereocenters. The number of nitrogens with zero attached hydrogens (tertiary/aromatic N) is 2. The topological polar surface area (TPSA) is 37.4 Å². The number of nitrogens with one attached hydrogen (secondary N) is 1. The zero-order chi connectivity index (χ0) is 15.7. The highest BCUT2D eigenvalue weighted by molar-refractivity contribution is 6.31. The van der Waals surface area contributed by atoms with E-state index in [4.69, 9.17) is 16.3 Å². The number of anilines is 1. The molecule has 21 heavy (non-hydrogen) atoms. The molecule has 0 radical (unpaired) electrons. The van der Waals surface area contributed by atoms with Gasteiger partial charge in [-0.05, 0) is 31.9 Å². The smallest absolute Gasteiger partial charge is 0.126 e. The van der Waals surface area contributed by atoms with E-state index < -0.39 is 0 Å². The van der Waals surface area contributed by atoms with Crippen LogP contribution in [-0.4, -0.2) is 42.7 Å². The molecule has 0 bridgehead atoms. The van der Waals surface area contributed by atoms with Crippen molar-refractivity contribution < 1.29 is 4.74 Å². The summed E-state index contributed by atoms with van der Waals surface area (Å²) in [5.41, 5.74) is 0.925. The van der Waals surface area contributed by atoms with Crippen molar-refractivity contribution in [1.82, 2.24) is 9.88 Å². The first-order valence-corrected chi connectivity index (χ1v) is 8.12. The Labute approximate surface area is 133 Å². The van der Waals surface area contributed by atoms with Crippen LogP contribution in [0.4, 0.5) is 5.82 Å². The van der Waals surface area contributed by atoms with Gasteiger partial charge in [-0.3, -0.25) is 4.90 Å². The zero-order valence-electron chi connectivity index (χ0n) is 13.7. The van der Waals surface area contributed by atoms with Gasteiger partial charge >= 0.3 is 0 Å². The van der Waals surface area contributed by atoms with Gasteiger partial charge < -0.3 is 10.1 Å². The molecule has 1 unspecified atom stereocenters. The van der Waals surface area contributed by atoms with Crippen LogP contribution in [-0.2, 0) is 11.3 Å². The number of pyridine rings is 1. The van der Waals surface area contributed by atoms with E-state index in [0.29, 0.717) is 6.04 Å². The summed E-state index contributed by atoms with van der Waals surface area (Å²) in [6.45, 7) is 9.83. The number of hydrogen-bond acceptors (Lipinski definition) is 4. The molecule has 1 aromatic heterocycles. The number of rotatable bonds is 10. The lowest BCUT2D eigenvalue weighted by Gasteiger charge is -2.28. The Bertz CT molecular complexity index is 415. The number of halogens is 1. The minimum Gasteiger partial charge on any atom is -0.383 e. The average Bonchev–Trinajstić information content (AvgIpc) is 2.50. The molecule has 0 aliphatic carbocycles. The van der Waals surface area contributed by atoms with Gasteiger partial charge in [-0.15, -0.1) is 0 Å². The number of hydrogen-bond donors (Lipinski definition) is 1. The Balaban J connectivity index is 2.80. The molecule has 0 aliphatic rings. The second-order valence-corrected chi connectivity index (χ2v) is 5.68. The minimum absolute atomic E-state index is 0.477. The van der Waals surface area contributed by atoms with Crippen molar-refractivity contribution in [1.29, 1.82) is 0 Å². The normalized spacial score (nSPS) is 12.7. The highest BCUT2D eigenvalue weighted by atomic mass is 35.5. The van der Waals surface area contributed by atoms with Crippen molar-refractivity contribution in [3.05, 3.63) is 22.8 Å². The van der Waals surface area contributed by atoms with Crippen LogP contribution >= 0.6 is 11.6 Å². The van der Waals surface area contributed by atoms with Crippen molar-refractivity contribution >= 4 is 17.4 Å². The van der Waals surface area contributed by atoms with E-state index in [1.165, 1.54) is 0 Å². The van der Waals surface area contributed by atoms with Gasteiger partial charge in [0.25, 0.3) is 0 Å². The Hall–Kier alpha value is -0.840. The van der Waals surface area contributed by atoms with E-state index in [1.54, 1.807) is 7.11 Å². The van der Waals surface area contributed by atoms with Gasteiger partial charge in [-0.2, -0.15) is 0 Å². The third-order valence-electron chi connectivity index (χ3n) is 3.62. The molecule has 1 N–H and O–H groups in total. The standard InChI is InChI=1S/C16H28ClN3O/c1-5-9-18-16-8-7-14(17)15(19-16)12-20(10-11-21-4)13(3)6-2/h7-8,13H,5-6,9-12H2,1-4H3,(H,18,19). The molecule has 4 nitrogen and oxygen atoms in total. The zero-order valence-corrected chi connectivity index (χ0v) is 14.4. The molecule has 120 valence electrons. The summed E-state index contributed by atoms with van der Waals surface area (Å²) >= 11 is 6.31. The Morgan fingerprint density at radius 1 is 1.38 bits per heavy atom. The van der Waals surface area contributed by atoms with Crippen LogP contribution in [0.2, 0.25) is 5.02 Å². The van der Waals surface area contributed by atoms with E-state index in [-0.39, 0.29) is 0 Å². The quantitative estimate of drug-likeness (QED) is 0.713. The summed E-state index contributed by atoms with van der Waals surface area (Å²) in [7, 11) is 1.73. The van der Waals surface area contributed by atoms with Gasteiger partial charge in [-0.25, -0.2) is 4.98 Å². The monoisotopic (exact) mass is 313 g/mol. The first-order chi connectivity index (χ1) is 10.1. The van der Waals surface area contributed by atoms with E-state index in [9.17, 15) is 0 Å². The Kier molecular flexibility index (Phi) is 8.66. The SMILES string of the molecule is CCCNc1ccc(Cl)c(CN(CCOC)C(C)CC)n1. The molecular weight excluding hydrogens is 286 g/mol. The maximum Gasteiger partial charge on any atom is 0.126 e. The Morgan fingerprint density at radius 2 is 2.14 bits per heavy atom. The fraction of sp³-hybridized carbons (Fsp3) is 0.688. The molecular formula is C16H28ClN3O. The van der Waals surface area contributed by atoms with Crippen LogP contribution in [0.5, 0.6) is 0 Å². The minimum atomic E-state index is 0.477. The lowest BCUT2D eigenvalue weighted by molar-refractivity contribution is 0.117. The molecule has 0 fully saturated rings. The van der Waals surface area contributed by atoms with Crippen LogP contribution in [0.1, 0.15) is 39.3 Å². The van der Waals surface area contributed by atoms with E-state index in [1.807, 2.05) is 12.1 Å². The second kappa shape index (κ2) is 9.98. The van der Waals surface area contributed by atoms with E-state index in [0.717, 1.165) is 55.6 Å². The number of aromatic nitrogens is 1. The second-order valence-electron chi connectivity index (χ2n) is 5.27. The summed E-state index contributed by atoms with van der Waals surface area (Å²) in [6.07, 6.45) is 2.17. The van der Waals surface area contributed by atoms with Crippen molar-refractivity contribution in [3.63, 3.8) is 0 Å². The maximum absolute atomic E-state index is 6.31. The van der Waals surface area contributed by atoms with Gasteiger partial charge in [0, 0.05) is 32.8 Å². The highest BCUT2D eigenvalue weighted by Crippen LogP contribution is 2.20. The van der Waals surface area contributed by atoms with Crippen molar-refractivity contribution in [2.45, 2.75) is 46.2 Å². The van der Waals surface area contributed by atoms with Crippen molar-refractivity contribution in [2.75, 3.05) is 32.1 Å². The first kappa shape index (κ1) is 18.2. The molecule has 5 heteroatoms. The number of ether oxygens (including phenoxy) is 1. The molecule has 0 saturated carbocycles. The summed E-state index contributed by atoms with van der Waals surface area (Å²) in [5, 5.41) is 4.03. The predicted molar refractivity (Wildman–Crippen MR) is 90.1 cm³/mol. The third-order valence-corrected chi connectivity index (χ3v) is 3.97. The van der Waals surface area contributed by atoms with Crippen LogP contribution < -0.4 is 5.32 Å². The largest absolute Gasteiger partial charge is 0.383 e. The molecule has 0 saturated heterocycles. The first-order valence-electron chi connectivity index (χ1n) is 7.74. The summed E-state index contributed by atoms with van der Waals surface area (Å²) in [4.78, 5) is 7.01. The highest BCUT2D eigenvalue weighted by Gasteiger charge is 2.15. The summed E-state index contributed by atoms with van der Waals surface area (Å²) in [5.74, 6) is 0.895. The molecule has 0 aromatic carbocycles. The van der Waals surface area contributed by atoms with Crippen LogP contribution in [0.15, 0.2) is 12.1 Å². The molecule has 1 aromatic rings. The van der Waals surface area contributed by atoms with Crippen LogP contribution in [0.3, 0.4) is 0 Å².